The number of halogens is 3. The lowest BCUT2D eigenvalue weighted by atomic mass is 9.85. The van der Waals surface area contributed by atoms with E-state index in [1.54, 1.807) is 24.5 Å². The van der Waals surface area contributed by atoms with Crippen molar-refractivity contribution in [2.24, 2.45) is 0 Å². The van der Waals surface area contributed by atoms with Gasteiger partial charge < -0.3 is 19.1 Å². The zero-order chi connectivity index (χ0) is 24.8. The molecule has 0 aliphatic heterocycles. The van der Waals surface area contributed by atoms with Crippen molar-refractivity contribution in [3.05, 3.63) is 53.4 Å². The van der Waals surface area contributed by atoms with Gasteiger partial charge in [-0.25, -0.2) is 13.2 Å². The first-order valence-corrected chi connectivity index (χ1v) is 10.5. The van der Waals surface area contributed by atoms with Crippen LogP contribution in [-0.2, 0) is 14.9 Å². The number of aromatic nitrogens is 3. The van der Waals surface area contributed by atoms with Crippen LogP contribution in [0.25, 0.3) is 27.5 Å². The molecule has 0 unspecified atom stereocenters. The number of fused-ring (bicyclic) bond motifs is 2. The molecule has 180 valence electrons. The Morgan fingerprint density at radius 1 is 1.26 bits per heavy atom. The zero-order valence-corrected chi connectivity index (χ0v) is 19.1. The molecule has 4 aromatic rings. The van der Waals surface area contributed by atoms with E-state index >= 15 is 8.78 Å². The molecule has 7 nitrogen and oxygen atoms in total. The molecule has 2 N–H and O–H groups in total. The lowest BCUT2D eigenvalue weighted by Gasteiger charge is -2.29. The van der Waals surface area contributed by atoms with Gasteiger partial charge in [-0.2, -0.15) is 5.10 Å². The van der Waals surface area contributed by atoms with Gasteiger partial charge in [0.05, 0.1) is 31.9 Å². The molecule has 0 aliphatic carbocycles. The number of ether oxygens (including phenoxy) is 2. The second-order valence-electron chi connectivity index (χ2n) is 8.72. The quantitative estimate of drug-likeness (QED) is 0.366. The van der Waals surface area contributed by atoms with Crippen LogP contribution in [0.15, 0.2) is 30.5 Å². The van der Waals surface area contributed by atoms with E-state index in [9.17, 15) is 14.3 Å². The number of alkyl halides is 1. The van der Waals surface area contributed by atoms with Crippen LogP contribution < -0.4 is 4.74 Å². The maximum absolute atomic E-state index is 15.8. The van der Waals surface area contributed by atoms with Crippen molar-refractivity contribution in [2.75, 3.05) is 20.8 Å². The molecule has 2 aromatic carbocycles. The first kappa shape index (κ1) is 23.6. The third kappa shape index (κ3) is 3.77. The molecule has 0 saturated heterocycles. The van der Waals surface area contributed by atoms with Crippen molar-refractivity contribution in [1.29, 1.82) is 0 Å². The van der Waals surface area contributed by atoms with Gasteiger partial charge in [-0.1, -0.05) is 13.8 Å². The fourth-order valence-electron chi connectivity index (χ4n) is 4.54. The highest BCUT2D eigenvalue weighted by Crippen LogP contribution is 2.45. The summed E-state index contributed by atoms with van der Waals surface area (Å²) in [6, 6.07) is 5.72. The van der Waals surface area contributed by atoms with Gasteiger partial charge in [-0.3, -0.25) is 9.89 Å². The normalized spacial score (nSPS) is 13.0. The molecule has 0 bridgehead atoms. The van der Waals surface area contributed by atoms with Crippen LogP contribution in [0.3, 0.4) is 0 Å². The van der Waals surface area contributed by atoms with Gasteiger partial charge in [0.2, 0.25) is 0 Å². The van der Waals surface area contributed by atoms with Crippen molar-refractivity contribution < 1.29 is 32.5 Å². The van der Waals surface area contributed by atoms with E-state index in [1.807, 2.05) is 0 Å². The summed E-state index contributed by atoms with van der Waals surface area (Å²) in [4.78, 5) is 11.4. The first-order valence-electron chi connectivity index (χ1n) is 10.5. The van der Waals surface area contributed by atoms with Gasteiger partial charge >= 0.3 is 5.97 Å². The Balaban J connectivity index is 2.22. The largest absolute Gasteiger partial charge is 0.494 e. The molecule has 2 aromatic heterocycles. The van der Waals surface area contributed by atoms with Gasteiger partial charge in [0.1, 0.15) is 11.7 Å². The molecule has 0 spiro atoms. The number of carbonyl (C=O) groups is 1. The molecule has 0 fully saturated rings. The van der Waals surface area contributed by atoms with E-state index < -0.39 is 35.6 Å². The van der Waals surface area contributed by atoms with Crippen LogP contribution in [0.5, 0.6) is 5.75 Å². The molecule has 0 aliphatic rings. The van der Waals surface area contributed by atoms with Crippen molar-refractivity contribution >= 4 is 27.8 Å². The minimum atomic E-state index is -2.02. The van der Waals surface area contributed by atoms with Crippen LogP contribution in [0.4, 0.5) is 13.2 Å². The number of hydrogen-bond donors (Lipinski definition) is 2. The molecule has 0 saturated carbocycles. The van der Waals surface area contributed by atoms with Gasteiger partial charge in [-0.15, -0.1) is 0 Å². The summed E-state index contributed by atoms with van der Waals surface area (Å²) >= 11 is 0. The maximum Gasteiger partial charge on any atom is 0.306 e. The number of hydrogen-bond acceptors (Lipinski definition) is 4. The Morgan fingerprint density at radius 3 is 2.65 bits per heavy atom. The van der Waals surface area contributed by atoms with Crippen LogP contribution in [0.1, 0.15) is 37.7 Å². The number of H-pyrrole nitrogens is 1. The van der Waals surface area contributed by atoms with Gasteiger partial charge in [0.25, 0.3) is 0 Å². The monoisotopic (exact) mass is 475 g/mol. The highest BCUT2D eigenvalue weighted by molar-refractivity contribution is 6.00. The number of carboxylic acid groups (broad SMARTS) is 1. The van der Waals surface area contributed by atoms with E-state index in [2.05, 4.69) is 10.2 Å². The zero-order valence-electron chi connectivity index (χ0n) is 19.1. The third-order valence-corrected chi connectivity index (χ3v) is 5.85. The number of rotatable bonds is 8. The second kappa shape index (κ2) is 8.68. The van der Waals surface area contributed by atoms with Crippen LogP contribution >= 0.6 is 0 Å². The Labute approximate surface area is 193 Å². The molecular formula is C24H24F3N3O4. The minimum Gasteiger partial charge on any atom is -0.494 e. The molecule has 34 heavy (non-hydrogen) atoms. The summed E-state index contributed by atoms with van der Waals surface area (Å²) in [6.07, 6.45) is -1.45. The number of methoxy groups -OCH3 is 2. The number of carboxylic acids is 1. The standard InChI is InChI=1S/C24H24F3N3O4/c1-24(2,11-33-3)23-19(15(26)9-18(31)32)20-16(7-12-10-28-29-22(12)21(20)27)30(23)13-5-6-14(25)17(8-13)34-4/h5-8,10,15H,9,11H2,1-4H3,(H,28,29)(H,31,32)/t15-/m1/s1. The Kier molecular flexibility index (Phi) is 6.03. The Morgan fingerprint density at radius 2 is 2.00 bits per heavy atom. The maximum atomic E-state index is 15.8. The third-order valence-electron chi connectivity index (χ3n) is 5.85. The smallest absolute Gasteiger partial charge is 0.306 e. The summed E-state index contributed by atoms with van der Waals surface area (Å²) in [5, 5.41) is 16.1. The summed E-state index contributed by atoms with van der Waals surface area (Å²) in [5.41, 5.74) is 0.0522. The molecular weight excluding hydrogens is 451 g/mol. The Hall–Kier alpha value is -3.53. The minimum absolute atomic E-state index is 0.0522. The van der Waals surface area contributed by atoms with E-state index in [-0.39, 0.29) is 34.3 Å². The van der Waals surface area contributed by atoms with Crippen LogP contribution in [-0.4, -0.2) is 46.7 Å². The summed E-state index contributed by atoms with van der Waals surface area (Å²) in [5.74, 6) is -2.77. The van der Waals surface area contributed by atoms with Crippen LogP contribution in [0.2, 0.25) is 0 Å². The topological polar surface area (TPSA) is 89.4 Å². The number of aliphatic carboxylic acids is 1. The highest BCUT2D eigenvalue weighted by Gasteiger charge is 2.37. The van der Waals surface area contributed by atoms with E-state index in [1.165, 1.54) is 38.6 Å². The van der Waals surface area contributed by atoms with E-state index in [0.717, 1.165) is 0 Å². The fraction of sp³-hybridized carbons (Fsp3) is 0.333. The van der Waals surface area contributed by atoms with Gasteiger partial charge in [-0.05, 0) is 18.2 Å². The first-order chi connectivity index (χ1) is 16.1. The summed E-state index contributed by atoms with van der Waals surface area (Å²) < 4.78 is 57.8. The predicted molar refractivity (Wildman–Crippen MR) is 120 cm³/mol. The lowest BCUT2D eigenvalue weighted by molar-refractivity contribution is -0.138. The second-order valence-corrected chi connectivity index (χ2v) is 8.72. The van der Waals surface area contributed by atoms with Gasteiger partial charge in [0, 0.05) is 46.3 Å². The molecule has 0 radical (unpaired) electrons. The Bertz CT molecular complexity index is 1390. The number of aromatic amines is 1. The molecule has 2 heterocycles. The molecule has 4 rings (SSSR count). The van der Waals surface area contributed by atoms with Crippen LogP contribution in [0, 0.1) is 11.6 Å². The average molecular weight is 475 g/mol. The average Bonchev–Trinajstić information content (AvgIpc) is 3.37. The SMILES string of the molecule is COCC(C)(C)c1c([C@H](F)CC(=O)O)c2c(F)c3[nH]ncc3cc2n1-c1ccc(F)c(OC)c1. The van der Waals surface area contributed by atoms with Crippen molar-refractivity contribution in [3.8, 4) is 11.4 Å². The van der Waals surface area contributed by atoms with Crippen molar-refractivity contribution in [1.82, 2.24) is 14.8 Å². The number of benzene rings is 2. The van der Waals surface area contributed by atoms with Crippen molar-refractivity contribution in [3.63, 3.8) is 0 Å². The molecule has 0 amide bonds. The molecule has 10 heteroatoms. The summed E-state index contributed by atoms with van der Waals surface area (Å²) in [7, 11) is 2.80. The van der Waals surface area contributed by atoms with E-state index in [4.69, 9.17) is 9.47 Å². The molecule has 1 atom stereocenters. The van der Waals surface area contributed by atoms with E-state index in [0.29, 0.717) is 16.8 Å². The highest BCUT2D eigenvalue weighted by atomic mass is 19.1. The fourth-order valence-corrected chi connectivity index (χ4v) is 4.54. The summed E-state index contributed by atoms with van der Waals surface area (Å²) in [6.45, 7) is 3.68. The van der Waals surface area contributed by atoms with Crippen molar-refractivity contribution in [2.45, 2.75) is 31.9 Å². The lowest BCUT2D eigenvalue weighted by Crippen LogP contribution is -2.28. The predicted octanol–water partition coefficient (Wildman–Crippen LogP) is 5.20. The number of nitrogens with zero attached hydrogens (tertiary/aromatic N) is 2. The number of nitrogens with one attached hydrogen (secondary N) is 1. The van der Waals surface area contributed by atoms with Gasteiger partial charge in [0.15, 0.2) is 17.4 Å².